The number of aliphatic hydroxyl groups is 1. The van der Waals surface area contributed by atoms with Gasteiger partial charge in [-0.05, 0) is 18.2 Å². The van der Waals surface area contributed by atoms with Gasteiger partial charge in [0.25, 0.3) is 0 Å². The molecule has 0 aliphatic carbocycles. The van der Waals surface area contributed by atoms with Crippen LogP contribution < -0.4 is 14.8 Å². The summed E-state index contributed by atoms with van der Waals surface area (Å²) >= 11 is 0. The number of alkyl halides is 3. The van der Waals surface area contributed by atoms with E-state index in [1.807, 2.05) is 0 Å². The maximum Gasteiger partial charge on any atom is 0.424 e. The predicted octanol–water partition coefficient (Wildman–Crippen LogP) is 2.11. The summed E-state index contributed by atoms with van der Waals surface area (Å²) < 4.78 is 52.2. The molecule has 11 heteroatoms. The lowest BCUT2D eigenvalue weighted by molar-refractivity contribution is -0.272. The third-order valence-electron chi connectivity index (χ3n) is 4.91. The number of carbonyl (C=O) groups is 2. The van der Waals surface area contributed by atoms with E-state index in [9.17, 15) is 27.9 Å². The van der Waals surface area contributed by atoms with Crippen LogP contribution in [0.15, 0.2) is 30.6 Å². The van der Waals surface area contributed by atoms with Gasteiger partial charge in [-0.15, -0.1) is 0 Å². The molecule has 2 heterocycles. The molecule has 0 fully saturated rings. The van der Waals surface area contributed by atoms with E-state index in [0.717, 1.165) is 10.8 Å². The minimum atomic E-state index is -4.98. The minimum Gasteiger partial charge on any atom is -0.486 e. The van der Waals surface area contributed by atoms with Gasteiger partial charge in [0.15, 0.2) is 17.3 Å². The molecule has 0 saturated heterocycles. The summed E-state index contributed by atoms with van der Waals surface area (Å²) in [6.07, 6.45) is -3.70. The average Bonchev–Trinajstić information content (AvgIpc) is 3.17. The third kappa shape index (κ3) is 4.98. The number of ether oxygens (including phenoxy) is 2. The normalized spacial score (nSPS) is 15.3. The second-order valence-corrected chi connectivity index (χ2v) is 7.10. The maximum atomic E-state index is 13.5. The first-order valence-corrected chi connectivity index (χ1v) is 9.58. The number of benzene rings is 1. The van der Waals surface area contributed by atoms with Crippen molar-refractivity contribution < 1.29 is 37.3 Å². The highest BCUT2D eigenvalue weighted by molar-refractivity contribution is 5.98. The third-order valence-corrected chi connectivity index (χ3v) is 4.91. The fraction of sp³-hybridized carbons (Fsp3) is 0.450. The van der Waals surface area contributed by atoms with Crippen molar-refractivity contribution in [3.8, 4) is 11.5 Å². The molecule has 2 aromatic rings. The monoisotopic (exact) mass is 441 g/mol. The van der Waals surface area contributed by atoms with Crippen molar-refractivity contribution in [2.24, 2.45) is 7.05 Å². The Hall–Kier alpha value is -3.08. The highest BCUT2D eigenvalue weighted by Crippen LogP contribution is 2.40. The van der Waals surface area contributed by atoms with Gasteiger partial charge < -0.3 is 24.5 Å². The van der Waals surface area contributed by atoms with E-state index in [4.69, 9.17) is 9.47 Å². The Morgan fingerprint density at radius 2 is 1.90 bits per heavy atom. The number of ketones is 1. The summed E-state index contributed by atoms with van der Waals surface area (Å²) in [6.45, 7) is 0.347. The first-order valence-electron chi connectivity index (χ1n) is 9.58. The summed E-state index contributed by atoms with van der Waals surface area (Å²) in [6, 6.07) is 4.70. The molecular weight excluding hydrogens is 419 g/mol. The highest BCUT2D eigenvalue weighted by atomic mass is 19.4. The van der Waals surface area contributed by atoms with Crippen molar-refractivity contribution >= 4 is 11.7 Å². The molecule has 1 aromatic carbocycles. The van der Waals surface area contributed by atoms with Crippen molar-refractivity contribution in [3.63, 3.8) is 0 Å². The molecule has 1 aromatic heterocycles. The molecule has 0 saturated carbocycles. The van der Waals surface area contributed by atoms with Gasteiger partial charge in [0.1, 0.15) is 19.0 Å². The van der Waals surface area contributed by atoms with Crippen LogP contribution in [-0.4, -0.2) is 52.3 Å². The Labute approximate surface area is 176 Å². The average molecular weight is 441 g/mol. The van der Waals surface area contributed by atoms with Crippen molar-refractivity contribution in [2.45, 2.75) is 31.0 Å². The number of Topliss-reactive ketones (excluding diaryl/α,β-unsaturated/α-hetero) is 1. The number of rotatable bonds is 8. The molecule has 1 amide bonds. The van der Waals surface area contributed by atoms with Crippen LogP contribution in [0.25, 0.3) is 0 Å². The maximum absolute atomic E-state index is 13.5. The Morgan fingerprint density at radius 1 is 1.19 bits per heavy atom. The van der Waals surface area contributed by atoms with Crippen molar-refractivity contribution in [1.29, 1.82) is 0 Å². The summed E-state index contributed by atoms with van der Waals surface area (Å²) in [5.74, 6) is -0.502. The van der Waals surface area contributed by atoms with Crippen LogP contribution in [0.5, 0.6) is 11.5 Å². The minimum absolute atomic E-state index is 0.131. The summed E-state index contributed by atoms with van der Waals surface area (Å²) in [5, 5.41) is 12.5. The van der Waals surface area contributed by atoms with Crippen LogP contribution in [0, 0.1) is 0 Å². The first kappa shape index (κ1) is 22.6. The van der Waals surface area contributed by atoms with Crippen LogP contribution in [0.1, 0.15) is 35.4 Å². The smallest absolute Gasteiger partial charge is 0.424 e. The number of aromatic nitrogens is 2. The van der Waals surface area contributed by atoms with Crippen LogP contribution >= 0.6 is 0 Å². The lowest BCUT2D eigenvalue weighted by Crippen LogP contribution is -2.46. The van der Waals surface area contributed by atoms with Gasteiger partial charge in [-0.1, -0.05) is 0 Å². The van der Waals surface area contributed by atoms with E-state index in [1.165, 1.54) is 19.3 Å². The lowest BCUT2D eigenvalue weighted by Gasteiger charge is -2.29. The molecule has 1 aliphatic rings. The lowest BCUT2D eigenvalue weighted by atomic mass is 9.97. The number of hydrogen-bond donors (Lipinski definition) is 2. The highest BCUT2D eigenvalue weighted by Gasteiger charge is 2.57. The standard InChI is InChI=1S/C20H22F3N3O5/c1-26-9-8-25-18(26)19(29,20(21,22)23)6-7-24-17(28)5-3-14(27)13-2-4-15-16(12-13)31-11-10-30-15/h2,4,8-9,12,29H,3,5-7,10-11H2,1H3,(H,24,28). The van der Waals surface area contributed by atoms with E-state index >= 15 is 0 Å². The SMILES string of the molecule is Cn1ccnc1C(O)(CCNC(=O)CCC(=O)c1ccc2c(c1)OCCO2)C(F)(F)F. The molecule has 0 spiro atoms. The first-order chi connectivity index (χ1) is 14.6. The van der Waals surface area contributed by atoms with Gasteiger partial charge in [0, 0.05) is 50.8 Å². The van der Waals surface area contributed by atoms with Gasteiger partial charge in [-0.25, -0.2) is 4.98 Å². The topological polar surface area (TPSA) is 103 Å². The second kappa shape index (κ2) is 8.96. The Morgan fingerprint density at radius 3 is 2.55 bits per heavy atom. The van der Waals surface area contributed by atoms with Gasteiger partial charge in [-0.3, -0.25) is 9.59 Å². The molecule has 2 N–H and O–H groups in total. The van der Waals surface area contributed by atoms with Crippen LogP contribution in [0.4, 0.5) is 13.2 Å². The van der Waals surface area contributed by atoms with Crippen molar-refractivity contribution in [1.82, 2.24) is 14.9 Å². The van der Waals surface area contributed by atoms with E-state index < -0.39 is 36.5 Å². The number of hydrogen-bond acceptors (Lipinski definition) is 6. The van der Waals surface area contributed by atoms with Crippen molar-refractivity contribution in [3.05, 3.63) is 42.0 Å². The summed E-state index contributed by atoms with van der Waals surface area (Å²) in [7, 11) is 1.33. The van der Waals surface area contributed by atoms with E-state index in [0.29, 0.717) is 30.3 Å². The molecule has 8 nitrogen and oxygen atoms in total. The Kier molecular flexibility index (Phi) is 6.54. The number of nitrogens with one attached hydrogen (secondary N) is 1. The van der Waals surface area contributed by atoms with E-state index in [-0.39, 0.29) is 18.6 Å². The molecule has 168 valence electrons. The Bertz CT molecular complexity index is 960. The largest absolute Gasteiger partial charge is 0.486 e. The number of halogens is 3. The number of carbonyl (C=O) groups excluding carboxylic acids is 2. The molecule has 31 heavy (non-hydrogen) atoms. The van der Waals surface area contributed by atoms with Gasteiger partial charge >= 0.3 is 6.18 Å². The second-order valence-electron chi connectivity index (χ2n) is 7.10. The molecule has 0 bridgehead atoms. The van der Waals surface area contributed by atoms with E-state index in [1.54, 1.807) is 12.1 Å². The zero-order valence-electron chi connectivity index (χ0n) is 16.7. The van der Waals surface area contributed by atoms with Gasteiger partial charge in [0.05, 0.1) is 0 Å². The number of imidazole rings is 1. The Balaban J connectivity index is 1.52. The quantitative estimate of drug-likeness (QED) is 0.609. The number of nitrogens with zero attached hydrogens (tertiary/aromatic N) is 2. The molecule has 3 rings (SSSR count). The van der Waals surface area contributed by atoms with Crippen LogP contribution in [0.3, 0.4) is 0 Å². The molecule has 1 atom stereocenters. The molecular formula is C20H22F3N3O5. The number of aryl methyl sites for hydroxylation is 1. The van der Waals surface area contributed by atoms with Crippen LogP contribution in [-0.2, 0) is 17.4 Å². The van der Waals surface area contributed by atoms with Gasteiger partial charge in [-0.2, -0.15) is 13.2 Å². The zero-order chi connectivity index (χ0) is 22.6. The fourth-order valence-corrected chi connectivity index (χ4v) is 3.20. The van der Waals surface area contributed by atoms with Crippen molar-refractivity contribution in [2.75, 3.05) is 19.8 Å². The predicted molar refractivity (Wildman–Crippen MR) is 102 cm³/mol. The number of amides is 1. The van der Waals surface area contributed by atoms with E-state index in [2.05, 4.69) is 10.3 Å². The molecule has 0 radical (unpaired) electrons. The molecule has 1 unspecified atom stereocenters. The zero-order valence-corrected chi connectivity index (χ0v) is 16.7. The molecule has 1 aliphatic heterocycles. The van der Waals surface area contributed by atoms with Crippen LogP contribution in [0.2, 0.25) is 0 Å². The summed E-state index contributed by atoms with van der Waals surface area (Å²) in [5.41, 5.74) is -2.86. The fourth-order valence-electron chi connectivity index (χ4n) is 3.20. The number of fused-ring (bicyclic) bond motifs is 1. The summed E-state index contributed by atoms with van der Waals surface area (Å²) in [4.78, 5) is 27.9. The van der Waals surface area contributed by atoms with Gasteiger partial charge in [0.2, 0.25) is 11.5 Å².